The second-order valence-corrected chi connectivity index (χ2v) is 25.2. The van der Waals surface area contributed by atoms with Crippen LogP contribution >= 0.6 is 0 Å². The van der Waals surface area contributed by atoms with Crippen LogP contribution in [0.3, 0.4) is 0 Å². The number of para-hydroxylation sites is 2. The van der Waals surface area contributed by atoms with Gasteiger partial charge in [0.2, 0.25) is 0 Å². The van der Waals surface area contributed by atoms with Gasteiger partial charge in [-0.25, -0.2) is 19.9 Å². The second-order valence-electron chi connectivity index (χ2n) is 25.2. The number of rotatable bonds is 10. The molecule has 16 bridgehead atoms. The molecule has 4 aliphatic rings. The molecule has 0 spiro atoms. The first-order valence-corrected chi connectivity index (χ1v) is 33.9. The van der Waals surface area contributed by atoms with Crippen LogP contribution in [0.1, 0.15) is 45.6 Å². The van der Waals surface area contributed by atoms with Crippen LogP contribution in [-0.4, -0.2) is 51.7 Å². The number of amides is 2. The Labute approximate surface area is 586 Å². The highest BCUT2D eigenvalue weighted by Crippen LogP contribution is 2.44. The number of H-pyrrole nitrogens is 4. The van der Waals surface area contributed by atoms with Crippen molar-refractivity contribution in [2.75, 3.05) is 10.6 Å². The fraction of sp³-hybridized carbons (Fsp3) is 0. The molecule has 0 saturated carbocycles. The molecule has 0 radical (unpaired) electrons. The molecule has 2 amide bonds. The SMILES string of the molecule is O=C(Nc1ccccc1-c1c2nc(c(-c3ccccc3)c3ccc([nH]3)c(-c3ccccc3)c3nc(c(-c4ccccc4)c4ccc1[nH]4)C=C3)C=C2)C(=O)Nc1ccccc1-c1c2nc(c(-c3ccccc3)c3ccc([nH]3)c(-c3ccccc3)c3nc(c(-c4ccccc4)c4ccc1[nH]4)C=C3)C=C2. The van der Waals surface area contributed by atoms with Crippen molar-refractivity contribution in [1.29, 1.82) is 0 Å². The summed E-state index contributed by atoms with van der Waals surface area (Å²) in [5, 5.41) is 6.15. The van der Waals surface area contributed by atoms with Crippen molar-refractivity contribution in [2.24, 2.45) is 0 Å². The molecule has 0 saturated heterocycles. The predicted molar refractivity (Wildman–Crippen MR) is 418 cm³/mol. The van der Waals surface area contributed by atoms with E-state index < -0.39 is 11.8 Å². The van der Waals surface area contributed by atoms with Crippen LogP contribution in [0.25, 0.3) is 182 Å². The molecule has 0 atom stereocenters. The van der Waals surface area contributed by atoms with Crippen molar-refractivity contribution in [3.63, 3.8) is 0 Å². The summed E-state index contributed by atoms with van der Waals surface area (Å²) in [5.74, 6) is -1.77. The lowest BCUT2D eigenvalue weighted by atomic mass is 10.0. The van der Waals surface area contributed by atoms with Crippen LogP contribution in [-0.2, 0) is 9.59 Å². The summed E-state index contributed by atoms with van der Waals surface area (Å²) in [6, 6.07) is 93.5. The van der Waals surface area contributed by atoms with Gasteiger partial charge in [0.05, 0.1) is 45.6 Å². The maximum Gasteiger partial charge on any atom is 0.314 e. The zero-order valence-corrected chi connectivity index (χ0v) is 54.8. The Bertz CT molecular complexity index is 5750. The van der Waals surface area contributed by atoms with Gasteiger partial charge in [-0.2, -0.15) is 0 Å². The van der Waals surface area contributed by atoms with Crippen molar-refractivity contribution >= 4 is 116 Å². The summed E-state index contributed by atoms with van der Waals surface area (Å²) in [5.41, 5.74) is 27.3. The van der Waals surface area contributed by atoms with Crippen LogP contribution in [0.5, 0.6) is 0 Å². The van der Waals surface area contributed by atoms with Crippen LogP contribution in [0.2, 0.25) is 0 Å². The summed E-state index contributed by atoms with van der Waals surface area (Å²) >= 11 is 0. The fourth-order valence-electron chi connectivity index (χ4n) is 14.4. The third-order valence-electron chi connectivity index (χ3n) is 19.0. The van der Waals surface area contributed by atoms with Crippen molar-refractivity contribution < 1.29 is 9.59 Å². The number of carbonyl (C=O) groups is 2. The lowest BCUT2D eigenvalue weighted by molar-refractivity contribution is -0.132. The third-order valence-corrected chi connectivity index (χ3v) is 19.0. The molecule has 482 valence electrons. The topological polar surface area (TPSA) is 173 Å². The first-order chi connectivity index (χ1) is 50.4. The molecule has 0 aliphatic carbocycles. The molecule has 102 heavy (non-hydrogen) atoms. The van der Waals surface area contributed by atoms with Gasteiger partial charge in [0.15, 0.2) is 0 Å². The molecule has 0 unspecified atom stereocenters. The zero-order valence-electron chi connectivity index (χ0n) is 54.8. The van der Waals surface area contributed by atoms with E-state index in [0.29, 0.717) is 45.0 Å². The van der Waals surface area contributed by atoms with E-state index >= 15 is 9.59 Å². The number of aromatic nitrogens is 8. The number of aromatic amines is 4. The van der Waals surface area contributed by atoms with Gasteiger partial charge in [-0.15, -0.1) is 0 Å². The Hall–Kier alpha value is -14.1. The minimum absolute atomic E-state index is 0.390. The lowest BCUT2D eigenvalue weighted by Crippen LogP contribution is -2.29. The van der Waals surface area contributed by atoms with Gasteiger partial charge in [0.25, 0.3) is 0 Å². The summed E-state index contributed by atoms with van der Waals surface area (Å²) in [6.45, 7) is 0. The Kier molecular flexibility index (Phi) is 15.2. The maximum absolute atomic E-state index is 15.1. The molecule has 12 nitrogen and oxygen atoms in total. The van der Waals surface area contributed by atoms with E-state index in [1.54, 1.807) is 0 Å². The van der Waals surface area contributed by atoms with Crippen molar-refractivity contribution in [1.82, 2.24) is 39.9 Å². The molecule has 12 heteroatoms. The molecule has 14 aromatic rings. The van der Waals surface area contributed by atoms with E-state index in [1.807, 2.05) is 170 Å². The van der Waals surface area contributed by atoms with Crippen molar-refractivity contribution in [3.05, 3.63) is 325 Å². The largest absolute Gasteiger partial charge is 0.354 e. The number of nitrogens with zero attached hydrogens (tertiary/aromatic N) is 4. The number of hydrogen-bond donors (Lipinski definition) is 6. The highest BCUT2D eigenvalue weighted by molar-refractivity contribution is 6.44. The first-order valence-electron chi connectivity index (χ1n) is 33.9. The highest BCUT2D eigenvalue weighted by Gasteiger charge is 2.26. The number of carbonyl (C=O) groups excluding carboxylic acids is 2. The predicted octanol–water partition coefficient (Wildman–Crippen LogP) is 21.5. The van der Waals surface area contributed by atoms with Crippen LogP contribution in [0.15, 0.2) is 279 Å². The molecule has 10 heterocycles. The molecular formula is C90H60N10O2. The summed E-state index contributed by atoms with van der Waals surface area (Å²) in [6.07, 6.45) is 16.4. The molecule has 4 aliphatic heterocycles. The minimum Gasteiger partial charge on any atom is -0.354 e. The van der Waals surface area contributed by atoms with Crippen molar-refractivity contribution in [3.8, 4) is 89.0 Å². The first kappa shape index (κ1) is 60.3. The summed E-state index contributed by atoms with van der Waals surface area (Å²) in [7, 11) is 0. The lowest BCUT2D eigenvalue weighted by Gasteiger charge is -2.14. The molecule has 0 fully saturated rings. The molecule has 8 aromatic carbocycles. The number of fused-ring (bicyclic) bond motifs is 16. The Morgan fingerprint density at radius 2 is 0.382 bits per heavy atom. The van der Waals surface area contributed by atoms with Gasteiger partial charge in [-0.3, -0.25) is 9.59 Å². The van der Waals surface area contributed by atoms with Gasteiger partial charge < -0.3 is 30.6 Å². The average molecular weight is 1310 g/mol. The highest BCUT2D eigenvalue weighted by atomic mass is 16.2. The Balaban J connectivity index is 0.785. The number of nitrogens with one attached hydrogen (secondary N) is 6. The summed E-state index contributed by atoms with van der Waals surface area (Å²) in [4.78, 5) is 67.4. The minimum atomic E-state index is -0.885. The third kappa shape index (κ3) is 11.1. The van der Waals surface area contributed by atoms with Crippen LogP contribution in [0.4, 0.5) is 11.4 Å². The van der Waals surface area contributed by atoms with Gasteiger partial charge >= 0.3 is 11.8 Å². The normalized spacial score (nSPS) is 12.0. The van der Waals surface area contributed by atoms with E-state index in [1.165, 1.54) is 0 Å². The number of benzene rings is 8. The van der Waals surface area contributed by atoms with Gasteiger partial charge in [-0.05, 0) is 143 Å². The standard InChI is InChI=1S/C90H60N10O2/c101-89(99-63-37-21-19-35-61(63)87-77-51-47-73(95-77)83(57-27-11-3-12-28-57)69-43-39-65(91-69)81(55-23-7-1-8-24-55)66-40-44-70(92-66)84(58-29-13-4-14-30-58)74-48-52-78(87)96-74)90(102)100-64-38-22-20-36-62(64)88-79-53-49-75(97-79)85(59-31-15-5-16-32-59)71-45-41-67(93-71)82(56-25-9-2-10-26-56)68-42-46-72(94-68)86(60-33-17-6-18-34-60)76-50-54-80(88)98-76/h1-54,91,93,96,98H,(H,99,101)(H,100,102). The number of anilines is 2. The molecular weight excluding hydrogens is 1250 g/mol. The molecule has 6 N–H and O–H groups in total. The van der Waals surface area contributed by atoms with Gasteiger partial charge in [-0.1, -0.05) is 218 Å². The summed E-state index contributed by atoms with van der Waals surface area (Å²) < 4.78 is 0. The zero-order chi connectivity index (χ0) is 68.0. The smallest absolute Gasteiger partial charge is 0.314 e. The van der Waals surface area contributed by atoms with E-state index in [9.17, 15) is 0 Å². The van der Waals surface area contributed by atoms with Gasteiger partial charge in [0, 0.05) is 111 Å². The maximum atomic E-state index is 15.1. The van der Waals surface area contributed by atoms with E-state index in [2.05, 4.69) is 188 Å². The van der Waals surface area contributed by atoms with E-state index in [0.717, 1.165) is 145 Å². The fourth-order valence-corrected chi connectivity index (χ4v) is 14.4. The molecule has 6 aromatic heterocycles. The average Bonchev–Trinajstić information content (AvgIpc) is 1.63. The monoisotopic (exact) mass is 1310 g/mol. The van der Waals surface area contributed by atoms with Crippen molar-refractivity contribution in [2.45, 2.75) is 0 Å². The second kappa shape index (κ2) is 25.7. The quantitative estimate of drug-likeness (QED) is 0.0744. The van der Waals surface area contributed by atoms with E-state index in [4.69, 9.17) is 19.9 Å². The Morgan fingerprint density at radius 1 is 0.206 bits per heavy atom. The Morgan fingerprint density at radius 3 is 0.598 bits per heavy atom. The molecule has 18 rings (SSSR count). The van der Waals surface area contributed by atoms with Gasteiger partial charge in [0.1, 0.15) is 0 Å². The van der Waals surface area contributed by atoms with E-state index in [-0.39, 0.29) is 0 Å². The number of hydrogen-bond acceptors (Lipinski definition) is 6. The van der Waals surface area contributed by atoms with Crippen LogP contribution < -0.4 is 10.6 Å². The van der Waals surface area contributed by atoms with Crippen LogP contribution in [0, 0.1) is 0 Å².